The van der Waals surface area contributed by atoms with Crippen LogP contribution < -0.4 is 4.74 Å². The Bertz CT molecular complexity index is 534. The maximum atomic E-state index is 11.9. The lowest BCUT2D eigenvalue weighted by Gasteiger charge is -2.38. The highest BCUT2D eigenvalue weighted by Crippen LogP contribution is 2.43. The Morgan fingerprint density at radius 1 is 1.53 bits per heavy atom. The third-order valence-corrected chi connectivity index (χ3v) is 3.49. The zero-order valence-corrected chi connectivity index (χ0v) is 10.9. The van der Waals surface area contributed by atoms with Gasteiger partial charge in [-0.25, -0.2) is 4.79 Å². The highest BCUT2D eigenvalue weighted by atomic mass is 16.6. The van der Waals surface area contributed by atoms with Gasteiger partial charge in [-0.15, -0.1) is 0 Å². The number of hydrogen-bond acceptors (Lipinski definition) is 6. The molecule has 0 aromatic heterocycles. The van der Waals surface area contributed by atoms with Crippen molar-refractivity contribution in [3.63, 3.8) is 0 Å². The Balaban J connectivity index is 2.79. The maximum Gasteiger partial charge on any atom is 0.342 e. The number of carbonyl (C=O) groups excluding carboxylic acids is 1. The van der Waals surface area contributed by atoms with E-state index in [-0.39, 0.29) is 16.9 Å². The van der Waals surface area contributed by atoms with Crippen LogP contribution in [0.5, 0.6) is 11.5 Å². The molecule has 0 bridgehead atoms. The van der Waals surface area contributed by atoms with Gasteiger partial charge in [0.2, 0.25) is 0 Å². The van der Waals surface area contributed by atoms with Crippen molar-refractivity contribution < 1.29 is 29.6 Å². The number of benzene rings is 1. The number of phenols is 1. The van der Waals surface area contributed by atoms with E-state index in [1.807, 2.05) is 0 Å². The van der Waals surface area contributed by atoms with Crippen molar-refractivity contribution in [2.45, 2.75) is 25.6 Å². The summed E-state index contributed by atoms with van der Waals surface area (Å²) in [5.41, 5.74) is -0.947. The fourth-order valence-corrected chi connectivity index (χ4v) is 2.47. The number of hydrogen-bond donors (Lipinski definition) is 3. The average Bonchev–Trinajstić information content (AvgIpc) is 2.35. The smallest absolute Gasteiger partial charge is 0.342 e. The lowest BCUT2D eigenvalue weighted by molar-refractivity contribution is -0.107. The Morgan fingerprint density at radius 2 is 2.16 bits per heavy atom. The highest BCUT2D eigenvalue weighted by Gasteiger charge is 2.46. The average molecular weight is 268 g/mol. The number of cyclic esters (lactones) is 1. The van der Waals surface area contributed by atoms with Crippen LogP contribution in [0, 0.1) is 6.92 Å². The first-order valence-corrected chi connectivity index (χ1v) is 5.79. The molecule has 0 fully saturated rings. The Morgan fingerprint density at radius 3 is 2.68 bits per heavy atom. The Hall–Kier alpha value is -1.79. The maximum absolute atomic E-state index is 11.9. The van der Waals surface area contributed by atoms with Crippen LogP contribution >= 0.6 is 0 Å². The fraction of sp³-hybridized carbons (Fsp3) is 0.462. The molecule has 1 aromatic rings. The van der Waals surface area contributed by atoms with Gasteiger partial charge >= 0.3 is 5.97 Å². The second-order valence-electron chi connectivity index (χ2n) is 4.70. The van der Waals surface area contributed by atoms with Crippen molar-refractivity contribution >= 4 is 5.97 Å². The molecular weight excluding hydrogens is 252 g/mol. The first kappa shape index (κ1) is 13.6. The van der Waals surface area contributed by atoms with Gasteiger partial charge in [0.25, 0.3) is 0 Å². The van der Waals surface area contributed by atoms with Crippen LogP contribution in [0.25, 0.3) is 0 Å². The SMILES string of the molecule is COc1cc(O)c2c(c1C)[C@](C)(O)[C@H](CO)OC2=O. The third-order valence-electron chi connectivity index (χ3n) is 3.49. The molecule has 0 unspecified atom stereocenters. The molecule has 0 spiro atoms. The molecule has 0 saturated heterocycles. The van der Waals surface area contributed by atoms with Crippen LogP contribution in [0.2, 0.25) is 0 Å². The van der Waals surface area contributed by atoms with Gasteiger partial charge in [0, 0.05) is 11.6 Å². The van der Waals surface area contributed by atoms with Gasteiger partial charge in [0.05, 0.1) is 13.7 Å². The first-order valence-electron chi connectivity index (χ1n) is 5.79. The van der Waals surface area contributed by atoms with E-state index in [1.165, 1.54) is 20.1 Å². The van der Waals surface area contributed by atoms with Crippen molar-refractivity contribution in [1.29, 1.82) is 0 Å². The molecule has 3 N–H and O–H groups in total. The molecule has 1 aliphatic heterocycles. The van der Waals surface area contributed by atoms with Crippen LogP contribution in [0.15, 0.2) is 6.07 Å². The standard InChI is InChI=1S/C13H16O6/c1-6-8(18-3)4-7(15)10-11(6)13(2,17)9(5-14)19-12(10)16/h4,9,14-15,17H,5H2,1-3H3/t9-,13+/m0/s1. The zero-order valence-electron chi connectivity index (χ0n) is 10.9. The number of carbonyl (C=O) groups is 1. The monoisotopic (exact) mass is 268 g/mol. The number of aliphatic hydroxyl groups excluding tert-OH is 1. The number of rotatable bonds is 2. The van der Waals surface area contributed by atoms with Crippen molar-refractivity contribution in [3.05, 3.63) is 22.8 Å². The summed E-state index contributed by atoms with van der Waals surface area (Å²) >= 11 is 0. The molecule has 2 atom stereocenters. The lowest BCUT2D eigenvalue weighted by atomic mass is 9.81. The molecule has 1 heterocycles. The van der Waals surface area contributed by atoms with Crippen LogP contribution in [0.1, 0.15) is 28.4 Å². The molecule has 6 nitrogen and oxygen atoms in total. The van der Waals surface area contributed by atoms with Crippen LogP contribution in [0.3, 0.4) is 0 Å². The van der Waals surface area contributed by atoms with Gasteiger partial charge in [-0.05, 0) is 19.4 Å². The minimum absolute atomic E-state index is 0.0898. The molecule has 19 heavy (non-hydrogen) atoms. The Kier molecular flexibility index (Phi) is 3.15. The molecule has 6 heteroatoms. The van der Waals surface area contributed by atoms with E-state index in [9.17, 15) is 20.1 Å². The lowest BCUT2D eigenvalue weighted by Crippen LogP contribution is -2.47. The van der Waals surface area contributed by atoms with Crippen LogP contribution in [0.4, 0.5) is 0 Å². The summed E-state index contributed by atoms with van der Waals surface area (Å²) in [5, 5.41) is 29.7. The molecule has 0 saturated carbocycles. The van der Waals surface area contributed by atoms with Crippen LogP contribution in [-0.4, -0.2) is 41.1 Å². The third kappa shape index (κ3) is 1.84. The van der Waals surface area contributed by atoms with E-state index < -0.39 is 24.3 Å². The molecule has 0 radical (unpaired) electrons. The van der Waals surface area contributed by atoms with E-state index in [4.69, 9.17) is 9.47 Å². The summed E-state index contributed by atoms with van der Waals surface area (Å²) in [5.74, 6) is -0.745. The van der Waals surface area contributed by atoms with E-state index in [0.29, 0.717) is 11.3 Å². The summed E-state index contributed by atoms with van der Waals surface area (Å²) in [6.07, 6.45) is -1.09. The zero-order chi connectivity index (χ0) is 14.4. The second-order valence-corrected chi connectivity index (χ2v) is 4.70. The van der Waals surface area contributed by atoms with Gasteiger partial charge < -0.3 is 24.8 Å². The summed E-state index contributed by atoms with van der Waals surface area (Å²) in [7, 11) is 1.42. The van der Waals surface area contributed by atoms with Gasteiger partial charge in [0.1, 0.15) is 22.7 Å². The van der Waals surface area contributed by atoms with Gasteiger partial charge in [-0.3, -0.25) is 0 Å². The summed E-state index contributed by atoms with van der Waals surface area (Å²) in [4.78, 5) is 11.9. The van der Waals surface area contributed by atoms with Crippen molar-refractivity contribution in [2.75, 3.05) is 13.7 Å². The van der Waals surface area contributed by atoms with Crippen molar-refractivity contribution in [1.82, 2.24) is 0 Å². The number of phenolic OH excluding ortho intramolecular Hbond substituents is 1. The van der Waals surface area contributed by atoms with Crippen molar-refractivity contribution in [3.8, 4) is 11.5 Å². The molecule has 1 aromatic carbocycles. The number of esters is 1. The number of aromatic hydroxyl groups is 1. The fourth-order valence-electron chi connectivity index (χ4n) is 2.47. The number of methoxy groups -OCH3 is 1. The quantitative estimate of drug-likeness (QED) is 0.674. The number of fused-ring (bicyclic) bond motifs is 1. The molecule has 1 aliphatic rings. The Labute approximate surface area is 110 Å². The number of ether oxygens (including phenoxy) is 2. The minimum Gasteiger partial charge on any atom is -0.507 e. The van der Waals surface area contributed by atoms with Gasteiger partial charge in [-0.2, -0.15) is 0 Å². The predicted molar refractivity (Wildman–Crippen MR) is 65.3 cm³/mol. The largest absolute Gasteiger partial charge is 0.507 e. The van der Waals surface area contributed by atoms with Crippen LogP contribution in [-0.2, 0) is 10.3 Å². The van der Waals surface area contributed by atoms with Gasteiger partial charge in [-0.1, -0.05) is 0 Å². The molecular formula is C13H16O6. The van der Waals surface area contributed by atoms with Crippen molar-refractivity contribution in [2.24, 2.45) is 0 Å². The first-order chi connectivity index (χ1) is 8.84. The van der Waals surface area contributed by atoms with E-state index in [1.54, 1.807) is 6.92 Å². The summed E-state index contributed by atoms with van der Waals surface area (Å²) in [6, 6.07) is 1.30. The van der Waals surface area contributed by atoms with E-state index >= 15 is 0 Å². The molecule has 0 amide bonds. The second kappa shape index (κ2) is 4.40. The summed E-state index contributed by atoms with van der Waals surface area (Å²) < 4.78 is 10.1. The van der Waals surface area contributed by atoms with Gasteiger partial charge in [0.15, 0.2) is 6.10 Å². The molecule has 104 valence electrons. The summed E-state index contributed by atoms with van der Waals surface area (Å²) in [6.45, 7) is 2.57. The normalized spacial score (nSPS) is 25.7. The number of aliphatic hydroxyl groups is 2. The van der Waals surface area contributed by atoms with E-state index in [2.05, 4.69) is 0 Å². The molecule has 0 aliphatic carbocycles. The molecule has 2 rings (SSSR count). The minimum atomic E-state index is -1.60. The van der Waals surface area contributed by atoms with E-state index in [0.717, 1.165) is 0 Å². The topological polar surface area (TPSA) is 96.2 Å². The highest BCUT2D eigenvalue weighted by molar-refractivity contribution is 5.96. The predicted octanol–water partition coefficient (Wildman–Crippen LogP) is 0.448.